The third-order valence-electron chi connectivity index (χ3n) is 12.0. The highest BCUT2D eigenvalue weighted by Crippen LogP contribution is 2.68. The maximum Gasteiger partial charge on any atom is 0.341 e. The summed E-state index contributed by atoms with van der Waals surface area (Å²) in [5, 5.41) is 0. The largest absolute Gasteiger partial charge is 0.459 e. The molecule has 0 amide bonds. The van der Waals surface area contributed by atoms with Crippen molar-refractivity contribution in [3.05, 3.63) is 34.4 Å². The van der Waals surface area contributed by atoms with Crippen LogP contribution < -0.4 is 5.63 Å². The summed E-state index contributed by atoms with van der Waals surface area (Å²) < 4.78 is 10.8. The quantitative estimate of drug-likeness (QED) is 0.346. The first kappa shape index (κ1) is 27.0. The van der Waals surface area contributed by atoms with Gasteiger partial charge < -0.3 is 9.15 Å². The third kappa shape index (κ3) is 5.08. The van der Waals surface area contributed by atoms with Crippen LogP contribution in [0, 0.1) is 52.3 Å². The van der Waals surface area contributed by atoms with Crippen molar-refractivity contribution in [2.24, 2.45) is 52.3 Å². The molecular weight excluding hydrogens is 460 g/mol. The maximum atomic E-state index is 12.7. The van der Waals surface area contributed by atoms with E-state index < -0.39 is 5.63 Å². The molecule has 0 N–H and O–H groups in total. The number of hydrogen-bond donors (Lipinski definition) is 0. The molecule has 4 saturated carbocycles. The predicted molar refractivity (Wildman–Crippen MR) is 147 cm³/mol. The van der Waals surface area contributed by atoms with Gasteiger partial charge in [-0.15, -0.1) is 0 Å². The van der Waals surface area contributed by atoms with Gasteiger partial charge in [0.2, 0.25) is 0 Å². The summed E-state index contributed by atoms with van der Waals surface area (Å²) in [5.74, 6) is 5.51. The van der Waals surface area contributed by atoms with Crippen molar-refractivity contribution in [1.82, 2.24) is 0 Å². The molecule has 37 heavy (non-hydrogen) atoms. The van der Waals surface area contributed by atoms with E-state index in [1.807, 2.05) is 0 Å². The standard InChI is InChI=1S/C33H50O4/c1-21(2)7-6-8-22(3)27-12-13-28-26-11-10-24-19-25(37-31(35)23-9-14-30(34)36-20-23)15-17-32(24,4)29(26)16-18-33(27,28)5/h9,14,20-22,24-29H,6-8,10-13,15-19H2,1-5H3/t22-,24+,25-,26+,27-,28+,29+,32+,33-/m1/s1. The average molecular weight is 511 g/mol. The zero-order valence-corrected chi connectivity index (χ0v) is 24.0. The molecule has 5 rings (SSSR count). The molecule has 4 heteroatoms. The molecule has 0 spiro atoms. The Bertz CT molecular complexity index is 991. The maximum absolute atomic E-state index is 12.7. The van der Waals surface area contributed by atoms with Crippen LogP contribution in [0.5, 0.6) is 0 Å². The lowest BCUT2D eigenvalue weighted by Crippen LogP contribution is -2.54. The molecule has 206 valence electrons. The zero-order chi connectivity index (χ0) is 26.4. The van der Waals surface area contributed by atoms with E-state index in [0.717, 1.165) is 48.3 Å². The number of carbonyl (C=O) groups is 1. The van der Waals surface area contributed by atoms with Crippen molar-refractivity contribution in [2.45, 2.75) is 118 Å². The Hall–Kier alpha value is -1.58. The van der Waals surface area contributed by atoms with Crippen LogP contribution in [0.25, 0.3) is 0 Å². The zero-order valence-electron chi connectivity index (χ0n) is 24.0. The molecule has 0 unspecified atom stereocenters. The van der Waals surface area contributed by atoms with Crippen LogP contribution in [0.3, 0.4) is 0 Å². The Labute approximate surface area is 224 Å². The summed E-state index contributed by atoms with van der Waals surface area (Å²) in [6.07, 6.45) is 16.8. The Balaban J connectivity index is 1.22. The van der Waals surface area contributed by atoms with Gasteiger partial charge >= 0.3 is 11.6 Å². The molecule has 0 aromatic carbocycles. The van der Waals surface area contributed by atoms with E-state index in [1.165, 1.54) is 82.6 Å². The Morgan fingerprint density at radius 3 is 2.46 bits per heavy atom. The van der Waals surface area contributed by atoms with Crippen LogP contribution in [-0.2, 0) is 4.74 Å². The normalized spacial score (nSPS) is 39.9. The van der Waals surface area contributed by atoms with Crippen LogP contribution in [0.4, 0.5) is 0 Å². The first-order valence-corrected chi connectivity index (χ1v) is 15.4. The second kappa shape index (κ2) is 10.5. The Morgan fingerprint density at radius 2 is 1.73 bits per heavy atom. The number of ether oxygens (including phenoxy) is 1. The minimum atomic E-state index is -0.445. The molecule has 4 nitrogen and oxygen atoms in total. The van der Waals surface area contributed by atoms with Gasteiger partial charge in [0, 0.05) is 6.07 Å². The molecule has 1 aromatic heterocycles. The van der Waals surface area contributed by atoms with Crippen molar-refractivity contribution in [3.63, 3.8) is 0 Å². The highest BCUT2D eigenvalue weighted by Gasteiger charge is 2.60. The second-order valence-electron chi connectivity index (χ2n) is 14.3. The summed E-state index contributed by atoms with van der Waals surface area (Å²) in [7, 11) is 0. The number of hydrogen-bond acceptors (Lipinski definition) is 4. The molecule has 4 aliphatic rings. The number of rotatable bonds is 7. The molecular formula is C33H50O4. The summed E-state index contributed by atoms with van der Waals surface area (Å²) >= 11 is 0. The SMILES string of the molecule is CC(C)CCC[C@@H](C)[C@H]1CC[C@H]2[C@@H]3CC[C@H]4C[C@H](OC(=O)c5ccc(=O)oc5)CC[C@]4(C)[C@H]3CC[C@]12C. The van der Waals surface area contributed by atoms with E-state index in [2.05, 4.69) is 34.6 Å². The molecule has 0 bridgehead atoms. The van der Waals surface area contributed by atoms with Crippen LogP contribution in [0.1, 0.15) is 122 Å². The van der Waals surface area contributed by atoms with Crippen molar-refractivity contribution in [1.29, 1.82) is 0 Å². The van der Waals surface area contributed by atoms with E-state index in [0.29, 0.717) is 22.3 Å². The minimum Gasteiger partial charge on any atom is -0.459 e. The topological polar surface area (TPSA) is 56.5 Å². The third-order valence-corrected chi connectivity index (χ3v) is 12.0. The fourth-order valence-corrected chi connectivity index (χ4v) is 10.0. The molecule has 4 aliphatic carbocycles. The van der Waals surface area contributed by atoms with Crippen LogP contribution in [0.2, 0.25) is 0 Å². The first-order chi connectivity index (χ1) is 17.6. The number of fused-ring (bicyclic) bond motifs is 5. The molecule has 1 aromatic rings. The summed E-state index contributed by atoms with van der Waals surface area (Å²) in [6.45, 7) is 12.5. The minimum absolute atomic E-state index is 0.0227. The Kier molecular flexibility index (Phi) is 7.69. The second-order valence-corrected chi connectivity index (χ2v) is 14.3. The van der Waals surface area contributed by atoms with Gasteiger partial charge in [-0.2, -0.15) is 0 Å². The van der Waals surface area contributed by atoms with Gasteiger partial charge in [0.25, 0.3) is 0 Å². The van der Waals surface area contributed by atoms with E-state index in [-0.39, 0.29) is 12.1 Å². The van der Waals surface area contributed by atoms with Gasteiger partial charge in [-0.1, -0.05) is 53.9 Å². The van der Waals surface area contributed by atoms with Gasteiger partial charge in [-0.25, -0.2) is 9.59 Å². The van der Waals surface area contributed by atoms with Gasteiger partial charge in [0.1, 0.15) is 12.4 Å². The molecule has 0 radical (unpaired) electrons. The smallest absolute Gasteiger partial charge is 0.341 e. The lowest BCUT2D eigenvalue weighted by atomic mass is 9.44. The van der Waals surface area contributed by atoms with Gasteiger partial charge in [-0.05, 0) is 116 Å². The van der Waals surface area contributed by atoms with Crippen molar-refractivity contribution < 1.29 is 13.9 Å². The van der Waals surface area contributed by atoms with Crippen molar-refractivity contribution >= 4 is 5.97 Å². The van der Waals surface area contributed by atoms with E-state index in [4.69, 9.17) is 9.15 Å². The molecule has 9 atom stereocenters. The Morgan fingerprint density at radius 1 is 0.973 bits per heavy atom. The van der Waals surface area contributed by atoms with Crippen LogP contribution in [-0.4, -0.2) is 12.1 Å². The molecule has 4 fully saturated rings. The van der Waals surface area contributed by atoms with Gasteiger partial charge in [0.05, 0.1) is 5.56 Å². The molecule has 0 saturated heterocycles. The van der Waals surface area contributed by atoms with E-state index in [9.17, 15) is 9.59 Å². The highest BCUT2D eigenvalue weighted by molar-refractivity contribution is 5.88. The first-order valence-electron chi connectivity index (χ1n) is 15.4. The summed E-state index contributed by atoms with van der Waals surface area (Å²) in [4.78, 5) is 23.9. The van der Waals surface area contributed by atoms with Crippen LogP contribution in [0.15, 0.2) is 27.6 Å². The number of carbonyl (C=O) groups excluding carboxylic acids is 1. The highest BCUT2D eigenvalue weighted by atomic mass is 16.5. The van der Waals surface area contributed by atoms with Crippen LogP contribution >= 0.6 is 0 Å². The van der Waals surface area contributed by atoms with E-state index in [1.54, 1.807) is 0 Å². The van der Waals surface area contributed by atoms with Gasteiger partial charge in [-0.3, -0.25) is 0 Å². The monoisotopic (exact) mass is 510 g/mol. The fourth-order valence-electron chi connectivity index (χ4n) is 10.0. The molecule has 0 aliphatic heterocycles. The fraction of sp³-hybridized carbons (Fsp3) is 0.818. The average Bonchev–Trinajstić information content (AvgIpc) is 3.21. The van der Waals surface area contributed by atoms with Crippen molar-refractivity contribution in [2.75, 3.05) is 0 Å². The summed E-state index contributed by atoms with van der Waals surface area (Å²) in [5.41, 5.74) is 0.809. The lowest BCUT2D eigenvalue weighted by Gasteiger charge is -2.61. The summed E-state index contributed by atoms with van der Waals surface area (Å²) in [6, 6.07) is 2.79. The van der Waals surface area contributed by atoms with Crippen molar-refractivity contribution in [3.8, 4) is 0 Å². The van der Waals surface area contributed by atoms with Gasteiger partial charge in [0.15, 0.2) is 0 Å². The van der Waals surface area contributed by atoms with E-state index >= 15 is 0 Å². The predicted octanol–water partition coefficient (Wildman–Crippen LogP) is 8.29. The molecule has 1 heterocycles. The lowest BCUT2D eigenvalue weighted by molar-refractivity contribution is -0.130. The number of esters is 1.